The van der Waals surface area contributed by atoms with E-state index in [0.717, 1.165) is 18.7 Å². The van der Waals surface area contributed by atoms with Crippen LogP contribution in [0.4, 0.5) is 0 Å². The van der Waals surface area contributed by atoms with E-state index >= 15 is 0 Å². The zero-order chi connectivity index (χ0) is 11.8. The number of aromatic hydroxyl groups is 1. The van der Waals surface area contributed by atoms with Gasteiger partial charge in [0.25, 0.3) is 0 Å². The third kappa shape index (κ3) is 2.06. The molecule has 3 heteroatoms. The van der Waals surface area contributed by atoms with E-state index in [1.165, 1.54) is 0 Å². The fourth-order valence-corrected chi connectivity index (χ4v) is 2.11. The van der Waals surface area contributed by atoms with Gasteiger partial charge < -0.3 is 9.84 Å². The van der Waals surface area contributed by atoms with E-state index in [2.05, 4.69) is 25.7 Å². The number of hydrogen-bond donors (Lipinski definition) is 1. The van der Waals surface area contributed by atoms with Crippen LogP contribution in [0.15, 0.2) is 24.3 Å². The first-order chi connectivity index (χ1) is 7.50. The standard InChI is InChI=1S/C13H19NO2/c1-13(2,3)14-8-9-16-12(14)10-6-4-5-7-11(10)15/h4-7,12,15H,8-9H2,1-3H3. The van der Waals surface area contributed by atoms with Gasteiger partial charge in [0, 0.05) is 17.6 Å². The molecule has 1 atom stereocenters. The van der Waals surface area contributed by atoms with E-state index < -0.39 is 0 Å². The quantitative estimate of drug-likeness (QED) is 0.791. The van der Waals surface area contributed by atoms with Crippen LogP contribution in [0.25, 0.3) is 0 Å². The van der Waals surface area contributed by atoms with E-state index in [1.54, 1.807) is 6.07 Å². The van der Waals surface area contributed by atoms with E-state index in [4.69, 9.17) is 4.74 Å². The topological polar surface area (TPSA) is 32.7 Å². The van der Waals surface area contributed by atoms with E-state index in [1.807, 2.05) is 18.2 Å². The molecule has 16 heavy (non-hydrogen) atoms. The van der Waals surface area contributed by atoms with Gasteiger partial charge in [-0.3, -0.25) is 4.90 Å². The Balaban J connectivity index is 2.31. The molecule has 0 bridgehead atoms. The Labute approximate surface area is 96.6 Å². The van der Waals surface area contributed by atoms with Crippen LogP contribution in [-0.2, 0) is 4.74 Å². The molecular weight excluding hydrogens is 202 g/mol. The molecular formula is C13H19NO2. The second-order valence-corrected chi connectivity index (χ2v) is 5.15. The Kier molecular flexibility index (Phi) is 2.91. The predicted octanol–water partition coefficient (Wildman–Crippen LogP) is 2.52. The molecule has 0 aliphatic carbocycles. The summed E-state index contributed by atoms with van der Waals surface area (Å²) < 4.78 is 5.72. The highest BCUT2D eigenvalue weighted by Gasteiger charge is 2.35. The second-order valence-electron chi connectivity index (χ2n) is 5.15. The van der Waals surface area contributed by atoms with Crippen molar-refractivity contribution < 1.29 is 9.84 Å². The molecule has 1 aromatic rings. The Morgan fingerprint density at radius 3 is 2.62 bits per heavy atom. The summed E-state index contributed by atoms with van der Waals surface area (Å²) in [5, 5.41) is 9.85. The largest absolute Gasteiger partial charge is 0.508 e. The lowest BCUT2D eigenvalue weighted by molar-refractivity contribution is -0.0121. The van der Waals surface area contributed by atoms with Crippen LogP contribution >= 0.6 is 0 Å². The average molecular weight is 221 g/mol. The maximum Gasteiger partial charge on any atom is 0.140 e. The van der Waals surface area contributed by atoms with Crippen LogP contribution in [0.5, 0.6) is 5.75 Å². The number of rotatable bonds is 1. The molecule has 0 aromatic heterocycles. The van der Waals surface area contributed by atoms with Gasteiger partial charge in [0.15, 0.2) is 0 Å². The Hall–Kier alpha value is -1.06. The van der Waals surface area contributed by atoms with Gasteiger partial charge in [-0.15, -0.1) is 0 Å². The number of nitrogens with zero attached hydrogens (tertiary/aromatic N) is 1. The first-order valence-corrected chi connectivity index (χ1v) is 5.66. The summed E-state index contributed by atoms with van der Waals surface area (Å²) in [5.74, 6) is 0.309. The minimum Gasteiger partial charge on any atom is -0.508 e. The molecule has 1 aromatic carbocycles. The van der Waals surface area contributed by atoms with Gasteiger partial charge in [0.1, 0.15) is 12.0 Å². The van der Waals surface area contributed by atoms with Crippen molar-refractivity contribution >= 4 is 0 Å². The molecule has 1 fully saturated rings. The van der Waals surface area contributed by atoms with Gasteiger partial charge in [-0.25, -0.2) is 0 Å². The lowest BCUT2D eigenvalue weighted by Crippen LogP contribution is -2.41. The molecule has 1 unspecified atom stereocenters. The lowest BCUT2D eigenvalue weighted by Gasteiger charge is -2.35. The van der Waals surface area contributed by atoms with Crippen molar-refractivity contribution in [2.75, 3.05) is 13.2 Å². The van der Waals surface area contributed by atoms with Crippen molar-refractivity contribution in [1.82, 2.24) is 4.90 Å². The van der Waals surface area contributed by atoms with Crippen molar-refractivity contribution in [3.63, 3.8) is 0 Å². The molecule has 1 heterocycles. The van der Waals surface area contributed by atoms with Crippen LogP contribution in [-0.4, -0.2) is 28.7 Å². The Morgan fingerprint density at radius 2 is 2.00 bits per heavy atom. The van der Waals surface area contributed by atoms with Crippen molar-refractivity contribution in [2.24, 2.45) is 0 Å². The fraction of sp³-hybridized carbons (Fsp3) is 0.538. The molecule has 0 saturated carbocycles. The summed E-state index contributed by atoms with van der Waals surface area (Å²) in [6.45, 7) is 8.11. The highest BCUT2D eigenvalue weighted by molar-refractivity contribution is 5.34. The summed E-state index contributed by atoms with van der Waals surface area (Å²) in [6.07, 6.45) is -0.124. The first-order valence-electron chi connectivity index (χ1n) is 5.66. The number of phenolic OH excluding ortho intramolecular Hbond substituents is 1. The molecule has 1 aliphatic rings. The zero-order valence-corrected chi connectivity index (χ0v) is 10.1. The number of ether oxygens (including phenoxy) is 1. The summed E-state index contributed by atoms with van der Waals surface area (Å²) in [5.41, 5.74) is 0.901. The van der Waals surface area contributed by atoms with Gasteiger partial charge in [-0.2, -0.15) is 0 Å². The van der Waals surface area contributed by atoms with Gasteiger partial charge in [-0.1, -0.05) is 18.2 Å². The molecule has 0 radical (unpaired) electrons. The van der Waals surface area contributed by atoms with Crippen molar-refractivity contribution in [3.05, 3.63) is 29.8 Å². The van der Waals surface area contributed by atoms with Crippen LogP contribution < -0.4 is 0 Å². The van der Waals surface area contributed by atoms with E-state index in [9.17, 15) is 5.11 Å². The van der Waals surface area contributed by atoms with Crippen LogP contribution in [0.3, 0.4) is 0 Å². The summed E-state index contributed by atoms with van der Waals surface area (Å²) >= 11 is 0. The summed E-state index contributed by atoms with van der Waals surface area (Å²) in [4.78, 5) is 2.27. The smallest absolute Gasteiger partial charge is 0.140 e. The zero-order valence-electron chi connectivity index (χ0n) is 10.1. The van der Waals surface area contributed by atoms with Gasteiger partial charge >= 0.3 is 0 Å². The average Bonchev–Trinajstić information content (AvgIpc) is 2.66. The second kappa shape index (κ2) is 4.07. The highest BCUT2D eigenvalue weighted by atomic mass is 16.5. The number of phenols is 1. The monoisotopic (exact) mass is 221 g/mol. The van der Waals surface area contributed by atoms with Crippen molar-refractivity contribution in [1.29, 1.82) is 0 Å². The van der Waals surface area contributed by atoms with Crippen molar-refractivity contribution in [3.8, 4) is 5.75 Å². The van der Waals surface area contributed by atoms with Crippen molar-refractivity contribution in [2.45, 2.75) is 32.5 Å². The van der Waals surface area contributed by atoms with Gasteiger partial charge in [0.2, 0.25) is 0 Å². The highest BCUT2D eigenvalue weighted by Crippen LogP contribution is 2.36. The maximum atomic E-state index is 9.85. The van der Waals surface area contributed by atoms with Crippen LogP contribution in [0.1, 0.15) is 32.6 Å². The SMILES string of the molecule is CC(C)(C)N1CCOC1c1ccccc1O. The molecule has 88 valence electrons. The summed E-state index contributed by atoms with van der Waals surface area (Å²) in [6, 6.07) is 7.38. The number of hydrogen-bond acceptors (Lipinski definition) is 3. The Morgan fingerprint density at radius 1 is 1.31 bits per heavy atom. The molecule has 3 nitrogen and oxygen atoms in total. The number of para-hydroxylation sites is 1. The fourth-order valence-electron chi connectivity index (χ4n) is 2.11. The third-order valence-corrected chi connectivity index (χ3v) is 2.96. The molecule has 1 aliphatic heterocycles. The predicted molar refractivity (Wildman–Crippen MR) is 63.3 cm³/mol. The minimum absolute atomic E-state index is 0.0451. The van der Waals surface area contributed by atoms with E-state index in [-0.39, 0.29) is 11.8 Å². The Bertz CT molecular complexity index is 370. The van der Waals surface area contributed by atoms with Gasteiger partial charge in [0.05, 0.1) is 6.61 Å². The normalized spacial score (nSPS) is 22.6. The first kappa shape index (κ1) is 11.4. The summed E-state index contributed by atoms with van der Waals surface area (Å²) in [7, 11) is 0. The lowest BCUT2D eigenvalue weighted by atomic mass is 10.0. The minimum atomic E-state index is -0.124. The molecule has 1 N–H and O–H groups in total. The molecule has 0 spiro atoms. The third-order valence-electron chi connectivity index (χ3n) is 2.96. The molecule has 2 rings (SSSR count). The van der Waals surface area contributed by atoms with E-state index in [0.29, 0.717) is 5.75 Å². The maximum absolute atomic E-state index is 9.85. The van der Waals surface area contributed by atoms with Gasteiger partial charge in [-0.05, 0) is 26.8 Å². The van der Waals surface area contributed by atoms with Crippen LogP contribution in [0.2, 0.25) is 0 Å². The van der Waals surface area contributed by atoms with Crippen LogP contribution in [0, 0.1) is 0 Å². The number of benzene rings is 1. The molecule has 0 amide bonds. The molecule has 1 saturated heterocycles.